The van der Waals surface area contributed by atoms with Gasteiger partial charge in [-0.3, -0.25) is 4.79 Å². The van der Waals surface area contributed by atoms with Crippen LogP contribution in [0, 0.1) is 18.8 Å². The number of rotatable bonds is 0. The second-order valence-electron chi connectivity index (χ2n) is 5.51. The van der Waals surface area contributed by atoms with Gasteiger partial charge in [-0.2, -0.15) is 0 Å². The predicted octanol–water partition coefficient (Wildman–Crippen LogP) is 3.53. The number of allylic oxidation sites excluding steroid dienone is 2. The molecule has 0 aromatic carbocycles. The molecule has 0 radical (unpaired) electrons. The number of aryl methyl sites for hydroxylation is 2. The lowest BCUT2D eigenvalue weighted by Crippen LogP contribution is -2.10. The van der Waals surface area contributed by atoms with Gasteiger partial charge < -0.3 is 4.42 Å². The van der Waals surface area contributed by atoms with Crippen molar-refractivity contribution in [2.24, 2.45) is 11.8 Å². The van der Waals surface area contributed by atoms with Gasteiger partial charge in [0.25, 0.3) is 0 Å². The van der Waals surface area contributed by atoms with Crippen LogP contribution in [0.15, 0.2) is 16.3 Å². The van der Waals surface area contributed by atoms with Gasteiger partial charge in [-0.15, -0.1) is 0 Å². The first kappa shape index (κ1) is 10.8. The third-order valence-corrected chi connectivity index (χ3v) is 4.43. The number of carbonyl (C=O) groups excluding carboxylic acids is 1. The largest absolute Gasteiger partial charge is 0.468 e. The van der Waals surface area contributed by atoms with Crippen molar-refractivity contribution < 1.29 is 9.21 Å². The van der Waals surface area contributed by atoms with Crippen LogP contribution >= 0.6 is 0 Å². The molecule has 1 heterocycles. The van der Waals surface area contributed by atoms with Gasteiger partial charge in [0.2, 0.25) is 0 Å². The molecule has 2 aliphatic rings. The summed E-state index contributed by atoms with van der Waals surface area (Å²) < 4.78 is 5.66. The highest BCUT2D eigenvalue weighted by Gasteiger charge is 2.38. The van der Waals surface area contributed by atoms with Crippen molar-refractivity contribution in [2.75, 3.05) is 0 Å². The molecule has 2 heteroatoms. The first-order chi connectivity index (χ1) is 8.09. The normalized spacial score (nSPS) is 28.1. The number of fused-ring (bicyclic) bond motifs is 3. The monoisotopic (exact) mass is 230 g/mol. The van der Waals surface area contributed by atoms with Crippen LogP contribution in [0.4, 0.5) is 0 Å². The van der Waals surface area contributed by atoms with Crippen molar-refractivity contribution >= 4 is 11.4 Å². The Kier molecular flexibility index (Phi) is 2.29. The summed E-state index contributed by atoms with van der Waals surface area (Å²) in [5.74, 6) is 2.40. The van der Waals surface area contributed by atoms with Gasteiger partial charge in [-0.25, -0.2) is 0 Å². The van der Waals surface area contributed by atoms with E-state index >= 15 is 0 Å². The van der Waals surface area contributed by atoms with E-state index in [1.807, 2.05) is 13.2 Å². The van der Waals surface area contributed by atoms with Crippen molar-refractivity contribution in [3.05, 3.63) is 28.7 Å². The molecule has 1 aromatic rings. The highest BCUT2D eigenvalue weighted by atomic mass is 16.3. The molecule has 0 saturated carbocycles. The molecule has 17 heavy (non-hydrogen) atoms. The summed E-state index contributed by atoms with van der Waals surface area (Å²) in [7, 11) is 0. The van der Waals surface area contributed by atoms with E-state index in [0.29, 0.717) is 24.0 Å². The quantitative estimate of drug-likeness (QED) is 0.682. The second kappa shape index (κ2) is 3.59. The summed E-state index contributed by atoms with van der Waals surface area (Å²) in [6.07, 6.45) is 4.66. The third-order valence-electron chi connectivity index (χ3n) is 4.43. The Balaban J connectivity index is 2.25. The van der Waals surface area contributed by atoms with Gasteiger partial charge in [0, 0.05) is 18.4 Å². The summed E-state index contributed by atoms with van der Waals surface area (Å²) in [5.41, 5.74) is 4.67. The van der Waals surface area contributed by atoms with Crippen LogP contribution in [0.3, 0.4) is 0 Å². The second-order valence-corrected chi connectivity index (χ2v) is 5.51. The topological polar surface area (TPSA) is 30.2 Å². The fourth-order valence-electron chi connectivity index (χ4n) is 3.35. The van der Waals surface area contributed by atoms with E-state index in [9.17, 15) is 4.79 Å². The Bertz CT molecular complexity index is 519. The molecular formula is C15H18O2. The predicted molar refractivity (Wildman–Crippen MR) is 66.6 cm³/mol. The Morgan fingerprint density at radius 3 is 2.88 bits per heavy atom. The smallest absolute Gasteiger partial charge is 0.159 e. The zero-order chi connectivity index (χ0) is 12.2. The molecule has 2 atom stereocenters. The Labute approximate surface area is 102 Å². The van der Waals surface area contributed by atoms with Gasteiger partial charge in [0.05, 0.1) is 6.26 Å². The zero-order valence-electron chi connectivity index (χ0n) is 10.7. The lowest BCUT2D eigenvalue weighted by molar-refractivity contribution is -0.115. The van der Waals surface area contributed by atoms with Crippen molar-refractivity contribution in [1.29, 1.82) is 0 Å². The Morgan fingerprint density at radius 2 is 2.12 bits per heavy atom. The van der Waals surface area contributed by atoms with Crippen LogP contribution in [0.5, 0.6) is 0 Å². The number of carbonyl (C=O) groups is 1. The van der Waals surface area contributed by atoms with Crippen LogP contribution in [0.2, 0.25) is 0 Å². The SMILES string of the molecule is CC1=C2c3c(C)coc3CC[C@@H](C)[C@H]2CC1=O. The summed E-state index contributed by atoms with van der Waals surface area (Å²) in [6, 6.07) is 0. The lowest BCUT2D eigenvalue weighted by Gasteiger charge is -2.18. The fraction of sp³-hybridized carbons (Fsp3) is 0.533. The van der Waals surface area contributed by atoms with E-state index in [1.54, 1.807) is 0 Å². The number of furan rings is 1. The van der Waals surface area contributed by atoms with E-state index in [0.717, 1.165) is 24.2 Å². The fourth-order valence-corrected chi connectivity index (χ4v) is 3.35. The molecule has 1 aromatic heterocycles. The Morgan fingerprint density at radius 1 is 1.35 bits per heavy atom. The van der Waals surface area contributed by atoms with Gasteiger partial charge in [-0.1, -0.05) is 6.92 Å². The molecular weight excluding hydrogens is 212 g/mol. The third kappa shape index (κ3) is 1.43. The number of ketones is 1. The summed E-state index contributed by atoms with van der Waals surface area (Å²) >= 11 is 0. The first-order valence-corrected chi connectivity index (χ1v) is 6.41. The summed E-state index contributed by atoms with van der Waals surface area (Å²) in [4.78, 5) is 12.0. The summed E-state index contributed by atoms with van der Waals surface area (Å²) in [6.45, 7) is 6.32. The minimum absolute atomic E-state index is 0.324. The molecule has 0 fully saturated rings. The van der Waals surface area contributed by atoms with E-state index in [1.165, 1.54) is 16.7 Å². The minimum Gasteiger partial charge on any atom is -0.468 e. The highest BCUT2D eigenvalue weighted by Crippen LogP contribution is 2.47. The van der Waals surface area contributed by atoms with Gasteiger partial charge in [0.1, 0.15) is 5.76 Å². The standard InChI is InChI=1S/C15H18O2/c1-8-4-5-13-14(9(2)7-17-13)15-10(3)12(16)6-11(8)15/h7-8,11H,4-6H2,1-3H3/t8-,11-/m1/s1. The number of hydrogen-bond acceptors (Lipinski definition) is 2. The van der Waals surface area contributed by atoms with Crippen molar-refractivity contribution in [1.82, 2.24) is 0 Å². The van der Waals surface area contributed by atoms with E-state index < -0.39 is 0 Å². The Hall–Kier alpha value is -1.31. The van der Waals surface area contributed by atoms with E-state index in [-0.39, 0.29) is 0 Å². The zero-order valence-corrected chi connectivity index (χ0v) is 10.7. The average molecular weight is 230 g/mol. The molecule has 0 amide bonds. The maximum absolute atomic E-state index is 12.0. The average Bonchev–Trinajstić information content (AvgIpc) is 2.74. The molecule has 2 nitrogen and oxygen atoms in total. The van der Waals surface area contributed by atoms with Crippen LogP contribution < -0.4 is 0 Å². The van der Waals surface area contributed by atoms with Gasteiger partial charge in [-0.05, 0) is 48.8 Å². The van der Waals surface area contributed by atoms with E-state index in [4.69, 9.17) is 4.42 Å². The van der Waals surface area contributed by atoms with Gasteiger partial charge >= 0.3 is 0 Å². The number of hydrogen-bond donors (Lipinski definition) is 0. The van der Waals surface area contributed by atoms with Crippen LogP contribution in [0.25, 0.3) is 5.57 Å². The molecule has 0 saturated heterocycles. The molecule has 90 valence electrons. The van der Waals surface area contributed by atoms with Crippen molar-refractivity contribution in [3.8, 4) is 0 Å². The lowest BCUT2D eigenvalue weighted by atomic mass is 9.84. The van der Waals surface area contributed by atoms with Crippen LogP contribution in [-0.2, 0) is 11.2 Å². The maximum atomic E-state index is 12.0. The van der Waals surface area contributed by atoms with Crippen LogP contribution in [0.1, 0.15) is 43.6 Å². The summed E-state index contributed by atoms with van der Waals surface area (Å²) in [5, 5.41) is 0. The molecule has 0 spiro atoms. The molecule has 0 unspecified atom stereocenters. The number of Topliss-reactive ketones (excluding diaryl/α,β-unsaturated/α-hetero) is 1. The highest BCUT2D eigenvalue weighted by molar-refractivity contribution is 6.08. The van der Waals surface area contributed by atoms with Crippen LogP contribution in [-0.4, -0.2) is 5.78 Å². The molecule has 3 rings (SSSR count). The minimum atomic E-state index is 0.324. The maximum Gasteiger partial charge on any atom is 0.159 e. The van der Waals surface area contributed by atoms with E-state index in [2.05, 4.69) is 13.8 Å². The molecule has 2 aliphatic carbocycles. The molecule has 0 aliphatic heterocycles. The molecule has 0 N–H and O–H groups in total. The van der Waals surface area contributed by atoms with Crippen molar-refractivity contribution in [3.63, 3.8) is 0 Å². The van der Waals surface area contributed by atoms with Gasteiger partial charge in [0.15, 0.2) is 5.78 Å². The van der Waals surface area contributed by atoms with Crippen molar-refractivity contribution in [2.45, 2.75) is 40.0 Å². The first-order valence-electron chi connectivity index (χ1n) is 6.41. The molecule has 0 bridgehead atoms.